The number of allylic oxidation sites excluding steroid dienone is 1. The molecule has 0 fully saturated rings. The Bertz CT molecular complexity index is 325. The molecule has 1 aromatic rings. The summed E-state index contributed by atoms with van der Waals surface area (Å²) in [7, 11) is 0. The van der Waals surface area contributed by atoms with Crippen LogP contribution >= 0.6 is 11.8 Å². The van der Waals surface area contributed by atoms with E-state index in [0.29, 0.717) is 5.75 Å². The quantitative estimate of drug-likeness (QED) is 0.607. The molecule has 80 valence electrons. The molecule has 0 radical (unpaired) electrons. The maximum absolute atomic E-state index is 11.2. The number of rotatable bonds is 4. The molecule has 0 aliphatic rings. The van der Waals surface area contributed by atoms with Gasteiger partial charge in [0.05, 0.1) is 5.69 Å². The third-order valence-corrected chi connectivity index (χ3v) is 2.35. The van der Waals surface area contributed by atoms with Gasteiger partial charge >= 0.3 is 0 Å². The maximum Gasteiger partial charge on any atom is 0.297 e. The van der Waals surface area contributed by atoms with Gasteiger partial charge in [-0.25, -0.2) is 0 Å². The van der Waals surface area contributed by atoms with E-state index in [2.05, 4.69) is 10.9 Å². The number of hydrogen-bond acceptors (Lipinski definition) is 3. The highest BCUT2D eigenvalue weighted by Crippen LogP contribution is 2.05. The summed E-state index contributed by atoms with van der Waals surface area (Å²) in [4.78, 5) is 11.2. The van der Waals surface area contributed by atoms with E-state index in [1.807, 2.05) is 49.4 Å². The number of para-hydroxylation sites is 1. The summed E-state index contributed by atoms with van der Waals surface area (Å²) < 4.78 is 0. The van der Waals surface area contributed by atoms with Gasteiger partial charge in [-0.3, -0.25) is 15.6 Å². The van der Waals surface area contributed by atoms with E-state index in [9.17, 15) is 4.79 Å². The third-order valence-electron chi connectivity index (χ3n) is 1.63. The fourth-order valence-corrected chi connectivity index (χ4v) is 1.46. The third kappa shape index (κ3) is 5.12. The molecule has 0 bridgehead atoms. The molecule has 0 aliphatic heterocycles. The number of anilines is 1. The second kappa shape index (κ2) is 6.95. The first-order valence-corrected chi connectivity index (χ1v) is 5.66. The summed E-state index contributed by atoms with van der Waals surface area (Å²) in [5, 5.41) is -0.0862. The second-order valence-electron chi connectivity index (χ2n) is 2.78. The Labute approximate surface area is 93.9 Å². The highest BCUT2D eigenvalue weighted by atomic mass is 32.2. The molecule has 4 heteroatoms. The molecule has 0 unspecified atom stereocenters. The number of hydrogen-bond donors (Lipinski definition) is 2. The van der Waals surface area contributed by atoms with E-state index in [0.717, 1.165) is 5.69 Å². The molecule has 0 spiro atoms. The molecule has 15 heavy (non-hydrogen) atoms. The summed E-state index contributed by atoms with van der Waals surface area (Å²) in [6, 6.07) is 9.50. The van der Waals surface area contributed by atoms with Crippen molar-refractivity contribution in [3.63, 3.8) is 0 Å². The summed E-state index contributed by atoms with van der Waals surface area (Å²) >= 11 is 1.22. The lowest BCUT2D eigenvalue weighted by Crippen LogP contribution is -2.25. The topological polar surface area (TPSA) is 41.1 Å². The zero-order valence-corrected chi connectivity index (χ0v) is 9.38. The lowest BCUT2D eigenvalue weighted by molar-refractivity contribution is 0.262. The van der Waals surface area contributed by atoms with Crippen molar-refractivity contribution >= 4 is 22.7 Å². The SMILES string of the molecule is C/C=C/CSC(=O)NNc1ccccc1. The van der Waals surface area contributed by atoms with Crippen molar-refractivity contribution in [2.45, 2.75) is 6.92 Å². The van der Waals surface area contributed by atoms with Crippen molar-refractivity contribution in [2.75, 3.05) is 11.2 Å². The molecule has 0 saturated heterocycles. The number of nitrogens with one attached hydrogen (secondary N) is 2. The van der Waals surface area contributed by atoms with Crippen molar-refractivity contribution in [3.8, 4) is 0 Å². The van der Waals surface area contributed by atoms with Gasteiger partial charge in [0.1, 0.15) is 0 Å². The Balaban J connectivity index is 2.23. The Morgan fingerprint density at radius 1 is 1.40 bits per heavy atom. The van der Waals surface area contributed by atoms with Crippen LogP contribution in [0.15, 0.2) is 42.5 Å². The van der Waals surface area contributed by atoms with Crippen LogP contribution in [0.4, 0.5) is 10.5 Å². The van der Waals surface area contributed by atoms with Gasteiger partial charge in [-0.1, -0.05) is 42.1 Å². The molecule has 0 heterocycles. The smallest absolute Gasteiger partial charge is 0.297 e. The van der Waals surface area contributed by atoms with Crippen LogP contribution in [-0.4, -0.2) is 11.0 Å². The van der Waals surface area contributed by atoms with Gasteiger partial charge < -0.3 is 0 Å². The molecule has 1 amide bonds. The van der Waals surface area contributed by atoms with Gasteiger partial charge in [-0.15, -0.1) is 0 Å². The molecule has 0 atom stereocenters. The first-order valence-electron chi connectivity index (χ1n) is 4.68. The Kier molecular flexibility index (Phi) is 5.40. The summed E-state index contributed by atoms with van der Waals surface area (Å²) in [5.74, 6) is 0.693. The molecule has 3 nitrogen and oxygen atoms in total. The lowest BCUT2D eigenvalue weighted by Gasteiger charge is -2.06. The van der Waals surface area contributed by atoms with Gasteiger partial charge in [0.25, 0.3) is 5.24 Å². The van der Waals surface area contributed by atoms with Crippen molar-refractivity contribution in [1.29, 1.82) is 0 Å². The van der Waals surface area contributed by atoms with E-state index in [-0.39, 0.29) is 5.24 Å². The van der Waals surface area contributed by atoms with Crippen molar-refractivity contribution < 1.29 is 4.79 Å². The Morgan fingerprint density at radius 3 is 2.80 bits per heavy atom. The van der Waals surface area contributed by atoms with Crippen LogP contribution in [0.25, 0.3) is 0 Å². The first kappa shape index (κ1) is 11.7. The van der Waals surface area contributed by atoms with Crippen LogP contribution in [0.5, 0.6) is 0 Å². The van der Waals surface area contributed by atoms with Crippen molar-refractivity contribution in [2.24, 2.45) is 0 Å². The molecular weight excluding hydrogens is 208 g/mol. The predicted molar refractivity (Wildman–Crippen MR) is 65.9 cm³/mol. The van der Waals surface area contributed by atoms with Crippen molar-refractivity contribution in [1.82, 2.24) is 5.43 Å². The predicted octanol–water partition coefficient (Wildman–Crippen LogP) is 3.03. The molecule has 0 aliphatic carbocycles. The number of amides is 1. The Morgan fingerprint density at radius 2 is 2.13 bits per heavy atom. The minimum absolute atomic E-state index is 0.0862. The first-order chi connectivity index (χ1) is 7.33. The van der Waals surface area contributed by atoms with Gasteiger partial charge in [0.15, 0.2) is 0 Å². The van der Waals surface area contributed by atoms with E-state index in [4.69, 9.17) is 0 Å². The summed E-state index contributed by atoms with van der Waals surface area (Å²) in [6.07, 6.45) is 3.86. The average molecular weight is 222 g/mol. The minimum Gasteiger partial charge on any atom is -0.298 e. The van der Waals surface area contributed by atoms with Crippen LogP contribution in [0, 0.1) is 0 Å². The minimum atomic E-state index is -0.0862. The zero-order chi connectivity index (χ0) is 10.9. The van der Waals surface area contributed by atoms with E-state index >= 15 is 0 Å². The molecule has 1 rings (SSSR count). The van der Waals surface area contributed by atoms with Gasteiger partial charge in [-0.05, 0) is 19.1 Å². The fourth-order valence-electron chi connectivity index (χ4n) is 0.901. The molecular formula is C11H14N2OS. The van der Waals surface area contributed by atoms with Crippen LogP contribution < -0.4 is 10.9 Å². The normalized spacial score (nSPS) is 10.2. The summed E-state index contributed by atoms with van der Waals surface area (Å²) in [5.41, 5.74) is 6.30. The van der Waals surface area contributed by atoms with Crippen LogP contribution in [0.1, 0.15) is 6.92 Å². The molecule has 0 aromatic heterocycles. The van der Waals surface area contributed by atoms with Crippen LogP contribution in [0.3, 0.4) is 0 Å². The number of thioether (sulfide) groups is 1. The van der Waals surface area contributed by atoms with E-state index in [1.54, 1.807) is 0 Å². The number of carbonyl (C=O) groups is 1. The van der Waals surface area contributed by atoms with Gasteiger partial charge in [0, 0.05) is 5.75 Å². The fraction of sp³-hybridized carbons (Fsp3) is 0.182. The lowest BCUT2D eigenvalue weighted by atomic mass is 10.3. The average Bonchev–Trinajstić information content (AvgIpc) is 2.28. The monoisotopic (exact) mass is 222 g/mol. The molecule has 1 aromatic carbocycles. The Hall–Kier alpha value is -1.42. The van der Waals surface area contributed by atoms with Crippen LogP contribution in [-0.2, 0) is 0 Å². The number of hydrazine groups is 1. The number of carbonyl (C=O) groups excluding carboxylic acids is 1. The number of benzene rings is 1. The highest BCUT2D eigenvalue weighted by molar-refractivity contribution is 8.13. The van der Waals surface area contributed by atoms with Crippen molar-refractivity contribution in [3.05, 3.63) is 42.5 Å². The summed E-state index contributed by atoms with van der Waals surface area (Å²) in [6.45, 7) is 1.93. The van der Waals surface area contributed by atoms with Crippen LogP contribution in [0.2, 0.25) is 0 Å². The molecule has 0 saturated carbocycles. The maximum atomic E-state index is 11.2. The second-order valence-corrected chi connectivity index (χ2v) is 3.78. The van der Waals surface area contributed by atoms with E-state index in [1.165, 1.54) is 11.8 Å². The van der Waals surface area contributed by atoms with Gasteiger partial charge in [-0.2, -0.15) is 0 Å². The zero-order valence-electron chi connectivity index (χ0n) is 8.57. The van der Waals surface area contributed by atoms with E-state index < -0.39 is 0 Å². The largest absolute Gasteiger partial charge is 0.298 e. The highest BCUT2D eigenvalue weighted by Gasteiger charge is 1.98. The van der Waals surface area contributed by atoms with Gasteiger partial charge in [0.2, 0.25) is 0 Å². The standard InChI is InChI=1S/C11H14N2OS/c1-2-3-9-15-11(14)13-12-10-7-5-4-6-8-10/h2-8,12H,9H2,1H3,(H,13,14)/b3-2+. The molecule has 2 N–H and O–H groups in total.